The highest BCUT2D eigenvalue weighted by molar-refractivity contribution is 7.92. The molecule has 0 aliphatic heterocycles. The van der Waals surface area contributed by atoms with Gasteiger partial charge in [0.15, 0.2) is 0 Å². The number of nitrogens with zero attached hydrogens (tertiary/aromatic N) is 3. The second kappa shape index (κ2) is 5.06. The minimum Gasteiger partial charge on any atom is -0.480 e. The molecule has 2 aromatic rings. The maximum atomic E-state index is 11.9. The third kappa shape index (κ3) is 3.28. The van der Waals surface area contributed by atoms with E-state index in [9.17, 15) is 13.2 Å². The fourth-order valence-electron chi connectivity index (χ4n) is 1.33. The summed E-state index contributed by atoms with van der Waals surface area (Å²) in [5, 5.41) is 12.2. The molecule has 0 bridgehead atoms. The lowest BCUT2D eigenvalue weighted by Gasteiger charge is -2.04. The molecular formula is C10H10N4O4S. The number of aliphatic carboxylic acids is 1. The van der Waals surface area contributed by atoms with Gasteiger partial charge >= 0.3 is 5.97 Å². The summed E-state index contributed by atoms with van der Waals surface area (Å²) in [7, 11) is -3.82. The minimum absolute atomic E-state index is 0.126. The third-order valence-corrected chi connectivity index (χ3v) is 3.43. The second-order valence-corrected chi connectivity index (χ2v) is 5.27. The van der Waals surface area contributed by atoms with E-state index in [1.165, 1.54) is 12.3 Å². The number of pyridine rings is 1. The van der Waals surface area contributed by atoms with Gasteiger partial charge in [0, 0.05) is 12.4 Å². The molecule has 8 nitrogen and oxygen atoms in total. The number of nitrogens with one attached hydrogen (secondary N) is 1. The highest BCUT2D eigenvalue weighted by Crippen LogP contribution is 2.12. The molecule has 0 amide bonds. The minimum atomic E-state index is -3.82. The molecular weight excluding hydrogens is 272 g/mol. The first-order valence-corrected chi connectivity index (χ1v) is 6.64. The van der Waals surface area contributed by atoms with Gasteiger partial charge in [-0.25, -0.2) is 13.4 Å². The number of hydrogen-bond acceptors (Lipinski definition) is 5. The number of aromatic nitrogens is 3. The van der Waals surface area contributed by atoms with Crippen molar-refractivity contribution in [1.29, 1.82) is 0 Å². The molecule has 0 aliphatic rings. The summed E-state index contributed by atoms with van der Waals surface area (Å²) < 4.78 is 27.2. The Hall–Kier alpha value is -2.42. The average Bonchev–Trinajstić information content (AvgIpc) is 2.78. The van der Waals surface area contributed by atoms with Crippen LogP contribution in [-0.2, 0) is 21.4 Å². The normalized spacial score (nSPS) is 11.2. The highest BCUT2D eigenvalue weighted by atomic mass is 32.2. The lowest BCUT2D eigenvalue weighted by atomic mass is 10.5. The predicted octanol–water partition coefficient (Wildman–Crippen LogP) is 0.163. The Bertz CT molecular complexity index is 681. The van der Waals surface area contributed by atoms with E-state index >= 15 is 0 Å². The molecule has 0 spiro atoms. The van der Waals surface area contributed by atoms with Crippen molar-refractivity contribution in [3.8, 4) is 0 Å². The molecule has 0 saturated heterocycles. The van der Waals surface area contributed by atoms with Gasteiger partial charge in [-0.2, -0.15) is 5.10 Å². The van der Waals surface area contributed by atoms with Crippen molar-refractivity contribution < 1.29 is 18.3 Å². The number of carbonyl (C=O) groups is 1. The SMILES string of the molecule is O=C(O)Cn1cc(S(=O)(=O)Nc2ccccn2)cn1. The quantitative estimate of drug-likeness (QED) is 0.807. The van der Waals surface area contributed by atoms with Crippen LogP contribution in [0.25, 0.3) is 0 Å². The summed E-state index contributed by atoms with van der Waals surface area (Å²) in [5.74, 6) is -0.932. The van der Waals surface area contributed by atoms with Gasteiger partial charge in [-0.1, -0.05) is 6.07 Å². The number of sulfonamides is 1. The molecule has 2 heterocycles. The van der Waals surface area contributed by atoms with Gasteiger partial charge in [-0.05, 0) is 12.1 Å². The predicted molar refractivity (Wildman–Crippen MR) is 64.9 cm³/mol. The van der Waals surface area contributed by atoms with Crippen molar-refractivity contribution in [2.24, 2.45) is 0 Å². The van der Waals surface area contributed by atoms with Gasteiger partial charge in [0.25, 0.3) is 10.0 Å². The molecule has 2 rings (SSSR count). The lowest BCUT2D eigenvalue weighted by molar-refractivity contribution is -0.137. The standard InChI is InChI=1S/C10H10N4O4S/c15-10(16)7-14-6-8(5-12-14)19(17,18)13-9-3-1-2-4-11-9/h1-6H,7H2,(H,11,13)(H,15,16). The first kappa shape index (κ1) is 13.0. The van der Waals surface area contributed by atoms with Gasteiger partial charge < -0.3 is 5.11 Å². The molecule has 0 unspecified atom stereocenters. The van der Waals surface area contributed by atoms with Gasteiger partial charge in [-0.15, -0.1) is 0 Å². The third-order valence-electron chi connectivity index (χ3n) is 2.12. The summed E-state index contributed by atoms with van der Waals surface area (Å²) in [5.41, 5.74) is 0. The summed E-state index contributed by atoms with van der Waals surface area (Å²) >= 11 is 0. The maximum Gasteiger partial charge on any atom is 0.325 e. The van der Waals surface area contributed by atoms with Crippen molar-refractivity contribution in [2.45, 2.75) is 11.4 Å². The van der Waals surface area contributed by atoms with Crippen LogP contribution in [0.1, 0.15) is 0 Å². The van der Waals surface area contributed by atoms with E-state index in [0.29, 0.717) is 0 Å². The fraction of sp³-hybridized carbons (Fsp3) is 0.100. The Morgan fingerprint density at radius 3 is 2.84 bits per heavy atom. The first-order valence-electron chi connectivity index (χ1n) is 5.15. The number of anilines is 1. The Kier molecular flexibility index (Phi) is 3.47. The molecule has 0 fully saturated rings. The van der Waals surface area contributed by atoms with Crippen molar-refractivity contribution in [2.75, 3.05) is 4.72 Å². The van der Waals surface area contributed by atoms with Gasteiger partial charge in [-0.3, -0.25) is 14.2 Å². The Morgan fingerprint density at radius 2 is 2.21 bits per heavy atom. The van der Waals surface area contributed by atoms with Crippen molar-refractivity contribution in [3.05, 3.63) is 36.8 Å². The number of hydrogen-bond donors (Lipinski definition) is 2. The van der Waals surface area contributed by atoms with Crippen LogP contribution in [0.15, 0.2) is 41.7 Å². The maximum absolute atomic E-state index is 11.9. The zero-order valence-corrected chi connectivity index (χ0v) is 10.4. The zero-order valence-electron chi connectivity index (χ0n) is 9.59. The van der Waals surface area contributed by atoms with E-state index in [0.717, 1.165) is 17.1 Å². The van der Waals surface area contributed by atoms with E-state index in [1.54, 1.807) is 12.1 Å². The van der Waals surface area contributed by atoms with E-state index < -0.39 is 22.5 Å². The zero-order chi connectivity index (χ0) is 13.9. The van der Waals surface area contributed by atoms with Crippen molar-refractivity contribution in [3.63, 3.8) is 0 Å². The summed E-state index contributed by atoms with van der Waals surface area (Å²) in [6, 6.07) is 4.79. The van der Waals surface area contributed by atoms with Crippen molar-refractivity contribution in [1.82, 2.24) is 14.8 Å². The fourth-order valence-corrected chi connectivity index (χ4v) is 2.29. The van der Waals surface area contributed by atoms with Gasteiger partial charge in [0.2, 0.25) is 0 Å². The molecule has 2 N–H and O–H groups in total. The summed E-state index contributed by atoms with van der Waals surface area (Å²) in [6.07, 6.45) is 3.67. The molecule has 2 aromatic heterocycles. The monoisotopic (exact) mass is 282 g/mol. The van der Waals surface area contributed by atoms with E-state index in [-0.39, 0.29) is 10.7 Å². The Balaban J connectivity index is 2.20. The number of rotatable bonds is 5. The molecule has 100 valence electrons. The largest absolute Gasteiger partial charge is 0.480 e. The second-order valence-electron chi connectivity index (χ2n) is 3.59. The average molecular weight is 282 g/mol. The van der Waals surface area contributed by atoms with E-state index in [4.69, 9.17) is 5.11 Å². The van der Waals surface area contributed by atoms with Gasteiger partial charge in [0.1, 0.15) is 17.3 Å². The van der Waals surface area contributed by atoms with Crippen LogP contribution < -0.4 is 4.72 Å². The van der Waals surface area contributed by atoms with Crippen LogP contribution in [-0.4, -0.2) is 34.3 Å². The van der Waals surface area contributed by atoms with Crippen LogP contribution in [0.3, 0.4) is 0 Å². The van der Waals surface area contributed by atoms with Crippen LogP contribution in [0.2, 0.25) is 0 Å². The molecule has 0 aliphatic carbocycles. The van der Waals surface area contributed by atoms with Crippen LogP contribution in [0.5, 0.6) is 0 Å². The first-order chi connectivity index (χ1) is 8.97. The van der Waals surface area contributed by atoms with E-state index in [1.807, 2.05) is 0 Å². The topological polar surface area (TPSA) is 114 Å². The summed E-state index contributed by atoms with van der Waals surface area (Å²) in [4.78, 5) is 14.2. The molecule has 0 saturated carbocycles. The Labute approximate surface area is 108 Å². The van der Waals surface area contributed by atoms with E-state index in [2.05, 4.69) is 14.8 Å². The molecule has 19 heavy (non-hydrogen) atoms. The molecule has 0 radical (unpaired) electrons. The molecule has 0 atom stereocenters. The van der Waals surface area contributed by atoms with Crippen LogP contribution >= 0.6 is 0 Å². The number of carboxylic acid groups (broad SMARTS) is 1. The smallest absolute Gasteiger partial charge is 0.325 e. The summed E-state index contributed by atoms with van der Waals surface area (Å²) in [6.45, 7) is -0.404. The van der Waals surface area contributed by atoms with Crippen molar-refractivity contribution >= 4 is 21.8 Å². The highest BCUT2D eigenvalue weighted by Gasteiger charge is 2.17. The van der Waals surface area contributed by atoms with Crippen LogP contribution in [0.4, 0.5) is 5.82 Å². The van der Waals surface area contributed by atoms with Crippen LogP contribution in [0, 0.1) is 0 Å². The lowest BCUT2D eigenvalue weighted by Crippen LogP contribution is -2.13. The molecule has 9 heteroatoms. The Morgan fingerprint density at radius 1 is 1.42 bits per heavy atom. The van der Waals surface area contributed by atoms with Gasteiger partial charge in [0.05, 0.1) is 6.20 Å². The molecule has 0 aromatic carbocycles. The number of carboxylic acids is 1.